The molecule has 3 aliphatic carbocycles. The molecule has 29 heavy (non-hydrogen) atoms. The summed E-state index contributed by atoms with van der Waals surface area (Å²) in [7, 11) is 0. The molecule has 1 aromatic rings. The van der Waals surface area contributed by atoms with Crippen LogP contribution in [0.2, 0.25) is 0 Å². The van der Waals surface area contributed by atoms with E-state index in [0.717, 1.165) is 18.6 Å². The van der Waals surface area contributed by atoms with Crippen LogP contribution < -0.4 is 4.74 Å². The maximum absolute atomic E-state index is 10.3. The van der Waals surface area contributed by atoms with Crippen molar-refractivity contribution < 1.29 is 14.9 Å². The molecule has 3 fully saturated rings. The van der Waals surface area contributed by atoms with Gasteiger partial charge in [-0.1, -0.05) is 27.2 Å². The SMILES string of the molecule is C[C@]1(CO)CCC[C@]2(C)[C@@H]3CC[C@]4(C)Oc5ccc(O)cc5C[C@H]4[C@]3(C)CC[C@H]12. The van der Waals surface area contributed by atoms with Crippen LogP contribution in [-0.4, -0.2) is 22.4 Å². The van der Waals surface area contributed by atoms with Gasteiger partial charge in [-0.25, -0.2) is 0 Å². The average Bonchev–Trinajstić information content (AvgIpc) is 2.66. The number of aliphatic hydroxyl groups excluding tert-OH is 1. The van der Waals surface area contributed by atoms with Gasteiger partial charge in [0.2, 0.25) is 0 Å². The Morgan fingerprint density at radius 3 is 2.41 bits per heavy atom. The van der Waals surface area contributed by atoms with Crippen LogP contribution in [0.4, 0.5) is 0 Å². The van der Waals surface area contributed by atoms with Crippen LogP contribution in [0.15, 0.2) is 18.2 Å². The Labute approximate surface area is 175 Å². The lowest BCUT2D eigenvalue weighted by molar-refractivity contribution is -0.213. The predicted molar refractivity (Wildman–Crippen MR) is 115 cm³/mol. The van der Waals surface area contributed by atoms with Crippen molar-refractivity contribution >= 4 is 0 Å². The Kier molecular flexibility index (Phi) is 4.19. The van der Waals surface area contributed by atoms with Gasteiger partial charge in [-0.3, -0.25) is 0 Å². The molecule has 160 valence electrons. The Morgan fingerprint density at radius 2 is 1.66 bits per heavy atom. The summed E-state index contributed by atoms with van der Waals surface area (Å²) in [6.07, 6.45) is 9.50. The van der Waals surface area contributed by atoms with Crippen molar-refractivity contribution in [2.45, 2.75) is 84.7 Å². The van der Waals surface area contributed by atoms with E-state index < -0.39 is 0 Å². The summed E-state index contributed by atoms with van der Waals surface area (Å²) in [5.41, 5.74) is 1.69. The van der Waals surface area contributed by atoms with E-state index >= 15 is 0 Å². The zero-order valence-corrected chi connectivity index (χ0v) is 18.6. The van der Waals surface area contributed by atoms with Crippen LogP contribution in [0.5, 0.6) is 11.5 Å². The molecule has 0 saturated heterocycles. The zero-order valence-electron chi connectivity index (χ0n) is 18.6. The first kappa shape index (κ1) is 19.7. The maximum atomic E-state index is 10.3. The number of ether oxygens (including phenoxy) is 1. The van der Waals surface area contributed by atoms with Crippen molar-refractivity contribution in [3.63, 3.8) is 0 Å². The topological polar surface area (TPSA) is 49.7 Å². The number of fused-ring (bicyclic) bond motifs is 6. The minimum atomic E-state index is -0.118. The smallest absolute Gasteiger partial charge is 0.123 e. The fourth-order valence-corrected chi connectivity index (χ4v) is 8.93. The van der Waals surface area contributed by atoms with Crippen molar-refractivity contribution in [2.75, 3.05) is 6.61 Å². The van der Waals surface area contributed by atoms with E-state index in [1.165, 1.54) is 44.1 Å². The van der Waals surface area contributed by atoms with Crippen LogP contribution in [0.25, 0.3) is 0 Å². The lowest BCUT2D eigenvalue weighted by Gasteiger charge is -2.68. The molecule has 5 rings (SSSR count). The minimum absolute atomic E-state index is 0.0799. The highest BCUT2D eigenvalue weighted by Gasteiger charge is 2.65. The third kappa shape index (κ3) is 2.58. The number of phenols is 1. The van der Waals surface area contributed by atoms with Crippen LogP contribution in [0, 0.1) is 34.0 Å². The Bertz CT molecular complexity index is 820. The Morgan fingerprint density at radius 1 is 0.931 bits per heavy atom. The van der Waals surface area contributed by atoms with E-state index in [1.807, 2.05) is 12.1 Å². The Balaban J connectivity index is 1.55. The van der Waals surface area contributed by atoms with Gasteiger partial charge in [-0.05, 0) is 104 Å². The van der Waals surface area contributed by atoms with Gasteiger partial charge in [0.25, 0.3) is 0 Å². The fourth-order valence-electron chi connectivity index (χ4n) is 8.93. The molecule has 0 bridgehead atoms. The molecule has 0 amide bonds. The molecule has 0 spiro atoms. The number of aliphatic hydroxyl groups is 1. The van der Waals surface area contributed by atoms with Crippen molar-refractivity contribution in [2.24, 2.45) is 34.0 Å². The van der Waals surface area contributed by atoms with Gasteiger partial charge in [-0.2, -0.15) is 0 Å². The maximum Gasteiger partial charge on any atom is 0.123 e. The van der Waals surface area contributed by atoms with E-state index in [0.29, 0.717) is 35.5 Å². The summed E-state index contributed by atoms with van der Waals surface area (Å²) in [5, 5.41) is 20.3. The molecule has 1 heterocycles. The van der Waals surface area contributed by atoms with Gasteiger partial charge in [0.05, 0.1) is 0 Å². The molecule has 1 aromatic carbocycles. The molecule has 3 saturated carbocycles. The van der Waals surface area contributed by atoms with Gasteiger partial charge < -0.3 is 14.9 Å². The summed E-state index contributed by atoms with van der Waals surface area (Å²) in [5.74, 6) is 3.09. The molecule has 0 aromatic heterocycles. The second-order valence-electron chi connectivity index (χ2n) is 11.8. The minimum Gasteiger partial charge on any atom is -0.508 e. The number of phenolic OH excluding ortho intramolecular Hbond substituents is 1. The highest BCUT2D eigenvalue weighted by atomic mass is 16.5. The quantitative estimate of drug-likeness (QED) is 0.636. The summed E-state index contributed by atoms with van der Waals surface area (Å²) >= 11 is 0. The zero-order chi connectivity index (χ0) is 20.7. The number of aromatic hydroxyl groups is 1. The van der Waals surface area contributed by atoms with Crippen molar-refractivity contribution in [1.82, 2.24) is 0 Å². The average molecular weight is 399 g/mol. The fraction of sp³-hybridized carbons (Fsp3) is 0.769. The molecular weight excluding hydrogens is 360 g/mol. The predicted octanol–water partition coefficient (Wildman–Crippen LogP) is 5.72. The third-order valence-corrected chi connectivity index (χ3v) is 10.3. The lowest BCUT2D eigenvalue weighted by atomic mass is 9.37. The molecule has 1 aliphatic heterocycles. The van der Waals surface area contributed by atoms with E-state index in [9.17, 15) is 10.2 Å². The van der Waals surface area contributed by atoms with Crippen LogP contribution in [-0.2, 0) is 6.42 Å². The third-order valence-electron chi connectivity index (χ3n) is 10.3. The van der Waals surface area contributed by atoms with E-state index in [1.54, 1.807) is 6.07 Å². The molecule has 3 nitrogen and oxygen atoms in total. The largest absolute Gasteiger partial charge is 0.508 e. The Hall–Kier alpha value is -1.22. The molecule has 0 radical (unpaired) electrons. The van der Waals surface area contributed by atoms with E-state index in [2.05, 4.69) is 27.7 Å². The lowest BCUT2D eigenvalue weighted by Crippen LogP contribution is -2.65. The van der Waals surface area contributed by atoms with E-state index in [4.69, 9.17) is 4.74 Å². The normalized spacial score (nSPS) is 48.5. The molecule has 7 atom stereocenters. The summed E-state index contributed by atoms with van der Waals surface area (Å²) in [6, 6.07) is 5.62. The first-order chi connectivity index (χ1) is 13.6. The van der Waals surface area contributed by atoms with Crippen molar-refractivity contribution in [3.8, 4) is 11.5 Å². The van der Waals surface area contributed by atoms with Crippen molar-refractivity contribution in [1.29, 1.82) is 0 Å². The summed E-state index contributed by atoms with van der Waals surface area (Å²) < 4.78 is 6.67. The van der Waals surface area contributed by atoms with Crippen LogP contribution >= 0.6 is 0 Å². The molecule has 3 heteroatoms. The van der Waals surface area contributed by atoms with Gasteiger partial charge in [0.15, 0.2) is 0 Å². The number of hydrogen-bond donors (Lipinski definition) is 2. The van der Waals surface area contributed by atoms with Crippen molar-refractivity contribution in [3.05, 3.63) is 23.8 Å². The first-order valence-corrected chi connectivity index (χ1v) is 11.8. The van der Waals surface area contributed by atoms with Gasteiger partial charge in [0, 0.05) is 12.5 Å². The van der Waals surface area contributed by atoms with E-state index in [-0.39, 0.29) is 16.4 Å². The monoisotopic (exact) mass is 398 g/mol. The first-order valence-electron chi connectivity index (χ1n) is 11.8. The number of hydrogen-bond acceptors (Lipinski definition) is 3. The summed E-state index contributed by atoms with van der Waals surface area (Å²) in [4.78, 5) is 0. The second kappa shape index (κ2) is 6.15. The summed E-state index contributed by atoms with van der Waals surface area (Å²) in [6.45, 7) is 10.1. The highest BCUT2D eigenvalue weighted by Crippen LogP contribution is 2.70. The molecule has 2 N–H and O–H groups in total. The number of benzene rings is 1. The van der Waals surface area contributed by atoms with Crippen LogP contribution in [0.3, 0.4) is 0 Å². The molecular formula is C26H38O3. The molecule has 0 unspecified atom stereocenters. The highest BCUT2D eigenvalue weighted by molar-refractivity contribution is 5.43. The van der Waals surface area contributed by atoms with Gasteiger partial charge in [-0.15, -0.1) is 0 Å². The van der Waals surface area contributed by atoms with Crippen LogP contribution in [0.1, 0.15) is 78.2 Å². The second-order valence-corrected chi connectivity index (χ2v) is 11.8. The molecule has 4 aliphatic rings. The van der Waals surface area contributed by atoms with Gasteiger partial charge in [0.1, 0.15) is 17.1 Å². The van der Waals surface area contributed by atoms with Gasteiger partial charge >= 0.3 is 0 Å². The standard InChI is InChI=1S/C26H38O3/c1-23(16-27)10-5-11-24(2)20(23)8-12-25(3)21(24)9-13-26(4)22(25)15-17-14-18(28)6-7-19(17)29-26/h6-7,14,20-22,27-28H,5,8-13,15-16H2,1-4H3/t20-,21+,22+,23-,24+,25-,26+/m1/s1. The number of rotatable bonds is 1.